The summed E-state index contributed by atoms with van der Waals surface area (Å²) in [5, 5.41) is 0. The normalized spacial score (nSPS) is 11.4. The number of hydrogen-bond donors (Lipinski definition) is 0. The molecule has 14 heavy (non-hydrogen) atoms. The van der Waals surface area contributed by atoms with Crippen molar-refractivity contribution < 1.29 is 17.9 Å². The van der Waals surface area contributed by atoms with Crippen LogP contribution in [0.1, 0.15) is 18.9 Å². The van der Waals surface area contributed by atoms with Gasteiger partial charge in [-0.15, -0.1) is 0 Å². The zero-order chi connectivity index (χ0) is 10.6. The van der Waals surface area contributed by atoms with Gasteiger partial charge in [-0.2, -0.15) is 13.2 Å². The van der Waals surface area contributed by atoms with E-state index >= 15 is 0 Å². The first-order valence-corrected chi connectivity index (χ1v) is 4.25. The second kappa shape index (κ2) is 4.35. The third-order valence-electron chi connectivity index (χ3n) is 1.56. The van der Waals surface area contributed by atoms with Crippen molar-refractivity contribution in [2.45, 2.75) is 19.5 Å². The predicted molar refractivity (Wildman–Crippen MR) is 46.1 cm³/mol. The van der Waals surface area contributed by atoms with E-state index in [9.17, 15) is 13.2 Å². The van der Waals surface area contributed by atoms with E-state index in [0.29, 0.717) is 6.61 Å². The topological polar surface area (TPSA) is 9.23 Å². The molecule has 0 bridgehead atoms. The van der Waals surface area contributed by atoms with E-state index in [-0.39, 0.29) is 5.75 Å². The van der Waals surface area contributed by atoms with Crippen LogP contribution >= 0.6 is 0 Å². The first-order valence-electron chi connectivity index (χ1n) is 4.25. The minimum atomic E-state index is -4.33. The van der Waals surface area contributed by atoms with Gasteiger partial charge >= 0.3 is 6.18 Å². The van der Waals surface area contributed by atoms with Gasteiger partial charge in [0.05, 0.1) is 12.2 Å². The van der Waals surface area contributed by atoms with Gasteiger partial charge in [-0.25, -0.2) is 0 Å². The summed E-state index contributed by atoms with van der Waals surface area (Å²) < 4.78 is 41.7. The van der Waals surface area contributed by atoms with Crippen LogP contribution < -0.4 is 4.74 Å². The number of rotatable bonds is 3. The molecule has 0 atom stereocenters. The van der Waals surface area contributed by atoms with Crippen LogP contribution in [0, 0.1) is 6.07 Å². The lowest BCUT2D eigenvalue weighted by atomic mass is 10.2. The van der Waals surface area contributed by atoms with E-state index in [1.807, 2.05) is 6.92 Å². The second-order valence-corrected chi connectivity index (χ2v) is 2.80. The van der Waals surface area contributed by atoms with Gasteiger partial charge in [0.25, 0.3) is 0 Å². The van der Waals surface area contributed by atoms with Crippen LogP contribution in [0.2, 0.25) is 0 Å². The second-order valence-electron chi connectivity index (χ2n) is 2.80. The van der Waals surface area contributed by atoms with Crippen molar-refractivity contribution in [1.82, 2.24) is 0 Å². The minimum Gasteiger partial charge on any atom is -0.494 e. The lowest BCUT2D eigenvalue weighted by molar-refractivity contribution is -0.137. The van der Waals surface area contributed by atoms with Crippen molar-refractivity contribution in [2.75, 3.05) is 6.61 Å². The summed E-state index contributed by atoms with van der Waals surface area (Å²) in [5.41, 5.74) is -0.730. The summed E-state index contributed by atoms with van der Waals surface area (Å²) >= 11 is 0. The van der Waals surface area contributed by atoms with Crippen molar-refractivity contribution in [2.24, 2.45) is 0 Å². The quantitative estimate of drug-likeness (QED) is 0.732. The molecule has 0 aromatic heterocycles. The number of halogens is 3. The standard InChI is InChI=1S/C10H10F3O/c1-2-6-14-9-5-3-4-8(7-9)10(11,12)13/h4-5,7H,2,6H2,1H3. The fourth-order valence-corrected chi connectivity index (χ4v) is 0.917. The molecule has 1 aromatic carbocycles. The van der Waals surface area contributed by atoms with Crippen LogP contribution in [0.5, 0.6) is 5.75 Å². The Morgan fingerprint density at radius 3 is 2.64 bits per heavy atom. The molecule has 4 heteroatoms. The van der Waals surface area contributed by atoms with Gasteiger partial charge in [0, 0.05) is 0 Å². The Morgan fingerprint density at radius 1 is 1.36 bits per heavy atom. The fourth-order valence-electron chi connectivity index (χ4n) is 0.917. The van der Waals surface area contributed by atoms with E-state index in [2.05, 4.69) is 6.07 Å². The summed E-state index contributed by atoms with van der Waals surface area (Å²) in [6.07, 6.45) is -3.57. The Bertz CT molecular complexity index is 294. The molecule has 1 rings (SSSR count). The molecule has 0 unspecified atom stereocenters. The van der Waals surface area contributed by atoms with E-state index in [1.165, 1.54) is 6.07 Å². The number of alkyl halides is 3. The van der Waals surface area contributed by atoms with Gasteiger partial charge < -0.3 is 4.74 Å². The average Bonchev–Trinajstić information content (AvgIpc) is 2.14. The van der Waals surface area contributed by atoms with E-state index in [4.69, 9.17) is 4.74 Å². The first kappa shape index (κ1) is 10.9. The van der Waals surface area contributed by atoms with Crippen molar-refractivity contribution >= 4 is 0 Å². The van der Waals surface area contributed by atoms with Gasteiger partial charge in [0.1, 0.15) is 5.75 Å². The van der Waals surface area contributed by atoms with Crippen molar-refractivity contribution in [3.8, 4) is 5.75 Å². The molecule has 0 fully saturated rings. The average molecular weight is 203 g/mol. The molecule has 0 amide bonds. The molecular formula is C10H10F3O. The highest BCUT2D eigenvalue weighted by molar-refractivity contribution is 5.29. The highest BCUT2D eigenvalue weighted by Crippen LogP contribution is 2.31. The maximum absolute atomic E-state index is 12.2. The maximum atomic E-state index is 12.2. The molecule has 0 aliphatic heterocycles. The zero-order valence-corrected chi connectivity index (χ0v) is 7.69. The zero-order valence-electron chi connectivity index (χ0n) is 7.69. The molecule has 1 nitrogen and oxygen atoms in total. The molecule has 0 aliphatic carbocycles. The monoisotopic (exact) mass is 203 g/mol. The molecule has 0 saturated heterocycles. The van der Waals surface area contributed by atoms with Crippen molar-refractivity contribution in [1.29, 1.82) is 0 Å². The summed E-state index contributed by atoms with van der Waals surface area (Å²) in [6, 6.07) is 5.67. The van der Waals surface area contributed by atoms with Crippen molar-refractivity contribution in [3.63, 3.8) is 0 Å². The first-order chi connectivity index (χ1) is 6.54. The molecule has 0 N–H and O–H groups in total. The summed E-state index contributed by atoms with van der Waals surface area (Å²) in [7, 11) is 0. The van der Waals surface area contributed by atoms with Crippen LogP contribution in [0.3, 0.4) is 0 Å². The van der Waals surface area contributed by atoms with Crippen LogP contribution in [-0.2, 0) is 6.18 Å². The summed E-state index contributed by atoms with van der Waals surface area (Å²) in [5.74, 6) is 0.210. The third kappa shape index (κ3) is 2.94. The number of benzene rings is 1. The SMILES string of the molecule is CCCOc1c[c]cc(C(F)(F)F)c1. The molecule has 0 saturated carbocycles. The van der Waals surface area contributed by atoms with E-state index in [1.54, 1.807) is 0 Å². The number of ether oxygens (including phenoxy) is 1. The van der Waals surface area contributed by atoms with E-state index < -0.39 is 11.7 Å². The van der Waals surface area contributed by atoms with Crippen molar-refractivity contribution in [3.05, 3.63) is 29.8 Å². The molecule has 1 aromatic rings. The smallest absolute Gasteiger partial charge is 0.416 e. The summed E-state index contributed by atoms with van der Waals surface area (Å²) in [6.45, 7) is 2.30. The minimum absolute atomic E-state index is 0.210. The molecule has 0 spiro atoms. The molecular weight excluding hydrogens is 193 g/mol. The van der Waals surface area contributed by atoms with Gasteiger partial charge in [0.15, 0.2) is 0 Å². The Labute approximate surface area is 80.5 Å². The highest BCUT2D eigenvalue weighted by Gasteiger charge is 2.30. The van der Waals surface area contributed by atoms with Crippen LogP contribution in [0.25, 0.3) is 0 Å². The molecule has 77 valence electrons. The predicted octanol–water partition coefficient (Wildman–Crippen LogP) is 3.29. The largest absolute Gasteiger partial charge is 0.494 e. The Balaban J connectivity index is 2.79. The lowest BCUT2D eigenvalue weighted by Crippen LogP contribution is -2.05. The Hall–Kier alpha value is -1.19. The Morgan fingerprint density at radius 2 is 2.07 bits per heavy atom. The van der Waals surface area contributed by atoms with Gasteiger partial charge in [-0.1, -0.05) is 6.92 Å². The molecule has 1 radical (unpaired) electrons. The third-order valence-corrected chi connectivity index (χ3v) is 1.56. The van der Waals surface area contributed by atoms with Gasteiger partial charge in [-0.3, -0.25) is 0 Å². The fraction of sp³-hybridized carbons (Fsp3) is 0.400. The van der Waals surface area contributed by atoms with Crippen LogP contribution in [-0.4, -0.2) is 6.61 Å². The summed E-state index contributed by atoms with van der Waals surface area (Å²) in [4.78, 5) is 0. The lowest BCUT2D eigenvalue weighted by Gasteiger charge is -2.09. The Kier molecular flexibility index (Phi) is 3.38. The van der Waals surface area contributed by atoms with E-state index in [0.717, 1.165) is 18.6 Å². The van der Waals surface area contributed by atoms with Gasteiger partial charge in [0.2, 0.25) is 0 Å². The van der Waals surface area contributed by atoms with Gasteiger partial charge in [-0.05, 0) is 30.7 Å². The highest BCUT2D eigenvalue weighted by atomic mass is 19.4. The molecule has 0 aliphatic rings. The van der Waals surface area contributed by atoms with Crippen LogP contribution in [0.4, 0.5) is 13.2 Å². The molecule has 0 heterocycles. The number of hydrogen-bond acceptors (Lipinski definition) is 1. The maximum Gasteiger partial charge on any atom is 0.416 e. The van der Waals surface area contributed by atoms with Crippen LogP contribution in [0.15, 0.2) is 18.2 Å².